The summed E-state index contributed by atoms with van der Waals surface area (Å²) in [6, 6.07) is 2.04. The Kier molecular flexibility index (Phi) is 4.37. The number of anilines is 1. The van der Waals surface area contributed by atoms with E-state index in [1.165, 1.54) is 4.88 Å². The monoisotopic (exact) mass is 285 g/mol. The highest BCUT2D eigenvalue weighted by Gasteiger charge is 2.13. The number of likely N-dealkylation sites (N-methyl/N-ethyl adjacent to an activating group) is 1. The Hall–Kier alpha value is -0.910. The van der Waals surface area contributed by atoms with Crippen LogP contribution in [0.3, 0.4) is 0 Å². The third kappa shape index (κ3) is 2.91. The van der Waals surface area contributed by atoms with Crippen molar-refractivity contribution in [2.45, 2.75) is 13.8 Å². The fourth-order valence-corrected chi connectivity index (χ4v) is 2.88. The number of thiophene rings is 1. The summed E-state index contributed by atoms with van der Waals surface area (Å²) in [6.45, 7) is 6.24. The van der Waals surface area contributed by atoms with E-state index in [-0.39, 0.29) is 0 Å². The number of hydrogen-bond acceptors (Lipinski definition) is 5. The van der Waals surface area contributed by atoms with Gasteiger partial charge < -0.3 is 9.64 Å². The lowest BCUT2D eigenvalue weighted by atomic mass is 10.4. The number of aromatic nitrogens is 2. The molecule has 98 valence electrons. The van der Waals surface area contributed by atoms with Gasteiger partial charge in [-0.15, -0.1) is 11.3 Å². The third-order valence-corrected chi connectivity index (χ3v) is 3.79. The second-order valence-electron chi connectivity index (χ2n) is 4.01. The van der Waals surface area contributed by atoms with Gasteiger partial charge in [0.1, 0.15) is 0 Å². The van der Waals surface area contributed by atoms with Crippen LogP contribution in [0.5, 0.6) is 0 Å². The molecule has 18 heavy (non-hydrogen) atoms. The zero-order chi connectivity index (χ0) is 13.1. The van der Waals surface area contributed by atoms with E-state index in [2.05, 4.69) is 21.8 Å². The number of hydrogen-bond donors (Lipinski definition) is 0. The van der Waals surface area contributed by atoms with Gasteiger partial charge in [-0.1, -0.05) is 0 Å². The first-order valence-electron chi connectivity index (χ1n) is 5.84. The molecule has 6 heteroatoms. The number of halogens is 1. The summed E-state index contributed by atoms with van der Waals surface area (Å²) in [5, 5.41) is 0.290. The lowest BCUT2D eigenvalue weighted by Crippen LogP contribution is -2.23. The second-order valence-corrected chi connectivity index (χ2v) is 5.60. The minimum atomic E-state index is 0.290. The molecule has 0 aliphatic heterocycles. The van der Waals surface area contributed by atoms with Gasteiger partial charge in [0.25, 0.3) is 0 Å². The van der Waals surface area contributed by atoms with Crippen LogP contribution in [0.15, 0.2) is 6.07 Å². The van der Waals surface area contributed by atoms with Gasteiger partial charge in [0.15, 0.2) is 5.82 Å². The first kappa shape index (κ1) is 13.5. The first-order chi connectivity index (χ1) is 8.61. The molecule has 0 atom stereocenters. The number of nitrogens with zero attached hydrogens (tertiary/aromatic N) is 3. The SMILES string of the molecule is CCOCCN(C)c1nc(Cl)nc2cc(C)sc12. The van der Waals surface area contributed by atoms with Crippen LogP contribution in [0, 0.1) is 6.92 Å². The van der Waals surface area contributed by atoms with Gasteiger partial charge in [0.2, 0.25) is 5.28 Å². The van der Waals surface area contributed by atoms with Crippen molar-refractivity contribution < 1.29 is 4.74 Å². The highest BCUT2D eigenvalue weighted by atomic mass is 35.5. The van der Waals surface area contributed by atoms with E-state index in [0.29, 0.717) is 11.9 Å². The number of fused-ring (bicyclic) bond motifs is 1. The molecule has 0 aliphatic carbocycles. The summed E-state index contributed by atoms with van der Waals surface area (Å²) in [4.78, 5) is 11.8. The van der Waals surface area contributed by atoms with Crippen LogP contribution in [-0.4, -0.2) is 36.8 Å². The van der Waals surface area contributed by atoms with Gasteiger partial charge in [-0.2, -0.15) is 4.98 Å². The quantitative estimate of drug-likeness (QED) is 0.625. The van der Waals surface area contributed by atoms with Gasteiger partial charge in [0, 0.05) is 25.1 Å². The Morgan fingerprint density at radius 1 is 1.44 bits per heavy atom. The highest BCUT2D eigenvalue weighted by molar-refractivity contribution is 7.19. The molecule has 0 spiro atoms. The van der Waals surface area contributed by atoms with Crippen LogP contribution in [0.1, 0.15) is 11.8 Å². The summed E-state index contributed by atoms with van der Waals surface area (Å²) in [5.41, 5.74) is 0.913. The fourth-order valence-electron chi connectivity index (χ4n) is 1.72. The molecule has 0 radical (unpaired) electrons. The standard InChI is InChI=1S/C12H16ClN3OS/c1-4-17-6-5-16(3)11-10-9(7-8(2)18-10)14-12(13)15-11/h7H,4-6H2,1-3H3. The van der Waals surface area contributed by atoms with Gasteiger partial charge >= 0.3 is 0 Å². The maximum absolute atomic E-state index is 5.96. The van der Waals surface area contributed by atoms with Crippen LogP contribution in [-0.2, 0) is 4.74 Å². The number of rotatable bonds is 5. The van der Waals surface area contributed by atoms with Crippen LogP contribution < -0.4 is 4.90 Å². The Morgan fingerprint density at radius 3 is 2.94 bits per heavy atom. The third-order valence-electron chi connectivity index (χ3n) is 2.59. The van der Waals surface area contributed by atoms with Gasteiger partial charge in [0.05, 0.1) is 16.8 Å². The van der Waals surface area contributed by atoms with Gasteiger partial charge in [-0.25, -0.2) is 4.98 Å². The highest BCUT2D eigenvalue weighted by Crippen LogP contribution is 2.31. The van der Waals surface area contributed by atoms with E-state index in [9.17, 15) is 0 Å². The normalized spacial score (nSPS) is 11.1. The summed E-state index contributed by atoms with van der Waals surface area (Å²) >= 11 is 7.65. The fraction of sp³-hybridized carbons (Fsp3) is 0.500. The Bertz CT molecular complexity index is 543. The molecular weight excluding hydrogens is 270 g/mol. The van der Waals surface area contributed by atoms with E-state index in [4.69, 9.17) is 16.3 Å². The molecule has 0 unspecified atom stereocenters. The smallest absolute Gasteiger partial charge is 0.224 e. The topological polar surface area (TPSA) is 38.2 Å². The van der Waals surface area contributed by atoms with Crippen molar-refractivity contribution in [2.24, 2.45) is 0 Å². The predicted molar refractivity (Wildman–Crippen MR) is 76.9 cm³/mol. The summed E-state index contributed by atoms with van der Waals surface area (Å²) < 4.78 is 6.44. The molecule has 4 nitrogen and oxygen atoms in total. The van der Waals surface area contributed by atoms with Crippen LogP contribution in [0.2, 0.25) is 5.28 Å². The van der Waals surface area contributed by atoms with Crippen LogP contribution >= 0.6 is 22.9 Å². The molecule has 2 rings (SSSR count). The predicted octanol–water partition coefficient (Wildman–Crippen LogP) is 3.13. The molecule has 0 fully saturated rings. The zero-order valence-corrected chi connectivity index (χ0v) is 12.3. The van der Waals surface area contributed by atoms with Crippen molar-refractivity contribution >= 4 is 39.0 Å². The molecule has 2 aromatic rings. The minimum Gasteiger partial charge on any atom is -0.380 e. The largest absolute Gasteiger partial charge is 0.380 e. The maximum Gasteiger partial charge on any atom is 0.224 e. The van der Waals surface area contributed by atoms with E-state index in [1.54, 1.807) is 11.3 Å². The molecule has 2 aromatic heterocycles. The Morgan fingerprint density at radius 2 is 2.22 bits per heavy atom. The average molecular weight is 286 g/mol. The summed E-state index contributed by atoms with van der Waals surface area (Å²) in [7, 11) is 1.99. The lowest BCUT2D eigenvalue weighted by Gasteiger charge is -2.18. The average Bonchev–Trinajstić information content (AvgIpc) is 2.68. The second kappa shape index (κ2) is 5.82. The number of aryl methyl sites for hydroxylation is 1. The first-order valence-corrected chi connectivity index (χ1v) is 7.03. The molecule has 0 aliphatic rings. The van der Waals surface area contributed by atoms with Crippen molar-refractivity contribution in [1.82, 2.24) is 9.97 Å². The summed E-state index contributed by atoms with van der Waals surface area (Å²) in [5.74, 6) is 0.878. The molecule has 0 aromatic carbocycles. The summed E-state index contributed by atoms with van der Waals surface area (Å²) in [6.07, 6.45) is 0. The van der Waals surface area contributed by atoms with Crippen molar-refractivity contribution in [3.8, 4) is 0 Å². The molecule has 0 amide bonds. The van der Waals surface area contributed by atoms with E-state index < -0.39 is 0 Å². The molecule has 0 saturated heterocycles. The van der Waals surface area contributed by atoms with Crippen molar-refractivity contribution in [3.63, 3.8) is 0 Å². The molecule has 2 heterocycles. The maximum atomic E-state index is 5.96. The van der Waals surface area contributed by atoms with E-state index >= 15 is 0 Å². The molecule has 0 bridgehead atoms. The van der Waals surface area contributed by atoms with Crippen LogP contribution in [0.4, 0.5) is 5.82 Å². The van der Waals surface area contributed by atoms with Crippen molar-refractivity contribution in [2.75, 3.05) is 31.7 Å². The minimum absolute atomic E-state index is 0.290. The Balaban J connectivity index is 2.30. The molecular formula is C12H16ClN3OS. The van der Waals surface area contributed by atoms with Crippen LogP contribution in [0.25, 0.3) is 10.2 Å². The lowest BCUT2D eigenvalue weighted by molar-refractivity contribution is 0.154. The molecule has 0 saturated carbocycles. The van der Waals surface area contributed by atoms with Gasteiger partial charge in [-0.05, 0) is 31.5 Å². The molecule has 0 N–H and O–H groups in total. The Labute approximate surface area is 116 Å². The van der Waals surface area contributed by atoms with E-state index in [0.717, 1.165) is 29.2 Å². The van der Waals surface area contributed by atoms with Gasteiger partial charge in [-0.3, -0.25) is 0 Å². The number of ether oxygens (including phenoxy) is 1. The van der Waals surface area contributed by atoms with Crippen molar-refractivity contribution in [1.29, 1.82) is 0 Å². The zero-order valence-electron chi connectivity index (χ0n) is 10.7. The van der Waals surface area contributed by atoms with E-state index in [1.807, 2.05) is 20.0 Å². The van der Waals surface area contributed by atoms with Crippen molar-refractivity contribution in [3.05, 3.63) is 16.2 Å².